The first-order chi connectivity index (χ1) is 18.6. The standard InChI is InChI=1S/C26H31ClN6O3S3/c1-31(16-28)11-7-13-33(2,3)12-6-8-17-14-37-25-21(24(36)32(25)22(17)23(27)35)30-20(34)15-38-26-29-18-9-4-5-10-19(18)39-26/h4-6,8-10,16,21,25,28H,7,11-15H2,1-3H3/p+1/b8-6+,28-16?/t21-,25-/m1/s1. The molecule has 0 radical (unpaired) electrons. The van der Waals surface area contributed by atoms with Crippen molar-refractivity contribution in [1.29, 1.82) is 5.41 Å². The predicted octanol–water partition coefficient (Wildman–Crippen LogP) is 3.37. The summed E-state index contributed by atoms with van der Waals surface area (Å²) in [5, 5.41) is 9.07. The highest BCUT2D eigenvalue weighted by Gasteiger charge is 2.53. The second kappa shape index (κ2) is 12.9. The van der Waals surface area contributed by atoms with Gasteiger partial charge in [-0.3, -0.25) is 24.7 Å². The van der Waals surface area contributed by atoms with Crippen LogP contribution in [0.5, 0.6) is 0 Å². The van der Waals surface area contributed by atoms with Gasteiger partial charge in [-0.25, -0.2) is 4.98 Å². The van der Waals surface area contributed by atoms with Gasteiger partial charge < -0.3 is 14.7 Å². The molecular weight excluding hydrogens is 576 g/mol. The molecule has 1 saturated heterocycles. The Bertz CT molecular complexity index is 1290. The van der Waals surface area contributed by atoms with E-state index in [-0.39, 0.29) is 28.6 Å². The van der Waals surface area contributed by atoms with Gasteiger partial charge in [0.1, 0.15) is 17.1 Å². The molecule has 9 nitrogen and oxygen atoms in total. The number of nitrogens with zero attached hydrogens (tertiary/aromatic N) is 4. The maximum absolute atomic E-state index is 13.0. The van der Waals surface area contributed by atoms with E-state index in [1.807, 2.05) is 48.4 Å². The minimum Gasteiger partial charge on any atom is -0.366 e. The number of hydrogen-bond acceptors (Lipinski definition) is 8. The predicted molar refractivity (Wildman–Crippen MR) is 160 cm³/mol. The van der Waals surface area contributed by atoms with Gasteiger partial charge in [-0.15, -0.1) is 23.1 Å². The van der Waals surface area contributed by atoms with Crippen LogP contribution in [0.2, 0.25) is 0 Å². The molecule has 1 aromatic heterocycles. The molecule has 0 unspecified atom stereocenters. The lowest BCUT2D eigenvalue weighted by Gasteiger charge is -2.49. The minimum absolute atomic E-state index is 0.151. The lowest BCUT2D eigenvalue weighted by atomic mass is 10.0. The smallest absolute Gasteiger partial charge is 0.269 e. The number of rotatable bonds is 13. The summed E-state index contributed by atoms with van der Waals surface area (Å²) in [7, 11) is 6.14. The number of carbonyl (C=O) groups is 3. The molecule has 2 aliphatic rings. The summed E-state index contributed by atoms with van der Waals surface area (Å²) in [6.45, 7) is 2.50. The number of β-lactam (4-membered cyclic amide) rings is 1. The van der Waals surface area contributed by atoms with Crippen LogP contribution < -0.4 is 5.32 Å². The molecule has 2 amide bonds. The summed E-state index contributed by atoms with van der Waals surface area (Å²) in [4.78, 5) is 45.8. The average molecular weight is 608 g/mol. The number of halogens is 1. The van der Waals surface area contributed by atoms with Crippen molar-refractivity contribution in [3.8, 4) is 0 Å². The number of quaternary nitrogens is 1. The van der Waals surface area contributed by atoms with Gasteiger partial charge >= 0.3 is 0 Å². The van der Waals surface area contributed by atoms with E-state index >= 15 is 0 Å². The summed E-state index contributed by atoms with van der Waals surface area (Å²) < 4.78 is 2.62. The Labute approximate surface area is 245 Å². The fourth-order valence-electron chi connectivity index (χ4n) is 4.39. The molecule has 2 aliphatic heterocycles. The monoisotopic (exact) mass is 607 g/mol. The maximum atomic E-state index is 13.0. The Balaban J connectivity index is 1.32. The Kier molecular flexibility index (Phi) is 9.76. The van der Waals surface area contributed by atoms with Crippen LogP contribution in [-0.4, -0.2) is 106 Å². The summed E-state index contributed by atoms with van der Waals surface area (Å²) in [6.07, 6.45) is 6.17. The first kappa shape index (κ1) is 29.6. The van der Waals surface area contributed by atoms with Crippen molar-refractivity contribution in [2.75, 3.05) is 52.3 Å². The van der Waals surface area contributed by atoms with Crippen LogP contribution in [0.3, 0.4) is 0 Å². The van der Waals surface area contributed by atoms with E-state index in [1.54, 1.807) is 0 Å². The second-order valence-corrected chi connectivity index (χ2v) is 13.7. The largest absolute Gasteiger partial charge is 0.366 e. The van der Waals surface area contributed by atoms with Crippen LogP contribution in [0, 0.1) is 5.41 Å². The number of benzene rings is 1. The van der Waals surface area contributed by atoms with Gasteiger partial charge in [0.05, 0.1) is 49.5 Å². The van der Waals surface area contributed by atoms with Gasteiger partial charge in [0.2, 0.25) is 5.91 Å². The summed E-state index contributed by atoms with van der Waals surface area (Å²) in [5.41, 5.74) is 1.82. The van der Waals surface area contributed by atoms with Gasteiger partial charge in [0, 0.05) is 25.8 Å². The molecule has 0 aliphatic carbocycles. The van der Waals surface area contributed by atoms with Crippen LogP contribution in [0.15, 0.2) is 52.0 Å². The highest BCUT2D eigenvalue weighted by atomic mass is 35.5. The second-order valence-electron chi connectivity index (χ2n) is 10.0. The molecule has 4 rings (SSSR count). The molecule has 2 atom stereocenters. The van der Waals surface area contributed by atoms with E-state index in [4.69, 9.17) is 17.0 Å². The number of thiazole rings is 1. The van der Waals surface area contributed by atoms with Crippen molar-refractivity contribution >= 4 is 80.1 Å². The zero-order valence-corrected chi connectivity index (χ0v) is 25.3. The van der Waals surface area contributed by atoms with Crippen LogP contribution in [0.1, 0.15) is 6.42 Å². The highest BCUT2D eigenvalue weighted by Crippen LogP contribution is 2.41. The van der Waals surface area contributed by atoms with Crippen molar-refractivity contribution in [2.45, 2.75) is 22.2 Å². The van der Waals surface area contributed by atoms with E-state index in [9.17, 15) is 14.4 Å². The fourth-order valence-corrected chi connectivity index (χ4v) is 7.80. The van der Waals surface area contributed by atoms with Crippen molar-refractivity contribution in [1.82, 2.24) is 20.1 Å². The Morgan fingerprint density at radius 2 is 2.13 bits per heavy atom. The number of fused-ring (bicyclic) bond motifs is 2. The normalized spacial score (nSPS) is 19.3. The van der Waals surface area contributed by atoms with Crippen LogP contribution in [0.4, 0.5) is 0 Å². The van der Waals surface area contributed by atoms with Gasteiger partial charge in [0.25, 0.3) is 11.1 Å². The maximum Gasteiger partial charge on any atom is 0.269 e. The van der Waals surface area contributed by atoms with Gasteiger partial charge in [-0.2, -0.15) is 0 Å². The van der Waals surface area contributed by atoms with E-state index in [0.29, 0.717) is 11.3 Å². The quantitative estimate of drug-likeness (QED) is 0.0898. The van der Waals surface area contributed by atoms with Gasteiger partial charge in [-0.1, -0.05) is 30.0 Å². The molecule has 1 aromatic carbocycles. The number of likely N-dealkylation sites (N-methyl/N-ethyl adjacent to an activating group) is 1. The lowest BCUT2D eigenvalue weighted by molar-refractivity contribution is -0.884. The molecule has 0 bridgehead atoms. The van der Waals surface area contributed by atoms with Crippen LogP contribution in [-0.2, 0) is 14.4 Å². The molecule has 2 aromatic rings. The number of thioether (sulfide) groups is 2. The molecule has 3 heterocycles. The zero-order chi connectivity index (χ0) is 28.2. The molecule has 208 valence electrons. The number of amides is 2. The average Bonchev–Trinajstić information content (AvgIpc) is 3.32. The molecule has 1 fully saturated rings. The Morgan fingerprint density at radius 3 is 2.85 bits per heavy atom. The van der Waals surface area contributed by atoms with Crippen molar-refractivity contribution < 1.29 is 18.9 Å². The Hall–Kier alpha value is -2.38. The third-order valence-corrected chi connectivity index (χ3v) is 10.2. The van der Waals surface area contributed by atoms with Crippen LogP contribution in [0.25, 0.3) is 10.2 Å². The molecule has 0 saturated carbocycles. The number of aromatic nitrogens is 1. The number of para-hydroxylation sites is 1. The fraction of sp³-hybridized carbons (Fsp3) is 0.423. The summed E-state index contributed by atoms with van der Waals surface area (Å²) >= 11 is 10.3. The lowest BCUT2D eigenvalue weighted by Crippen LogP contribution is -2.70. The third-order valence-electron chi connectivity index (χ3n) is 6.51. The molecule has 2 N–H and O–H groups in total. The molecule has 13 heteroatoms. The topological polar surface area (TPSA) is 106 Å². The number of nitrogens with one attached hydrogen (secondary N) is 2. The van der Waals surface area contributed by atoms with Crippen LogP contribution >= 0.6 is 46.5 Å². The first-order valence-electron chi connectivity index (χ1n) is 12.4. The third kappa shape index (κ3) is 7.23. The van der Waals surface area contributed by atoms with E-state index in [1.165, 1.54) is 46.1 Å². The molecule has 39 heavy (non-hydrogen) atoms. The zero-order valence-electron chi connectivity index (χ0n) is 22.1. The number of carbonyl (C=O) groups excluding carboxylic acids is 3. The van der Waals surface area contributed by atoms with Gasteiger partial charge in [0.15, 0.2) is 4.34 Å². The molecule has 0 spiro atoms. The SMILES string of the molecule is CN(C=N)CCC[N+](C)(C)C/C=C/C1=C(C(=O)Cl)N2C(=O)[C@@H](NC(=O)CSc3nc4ccccc4s3)[C@H]2SC1. The summed E-state index contributed by atoms with van der Waals surface area (Å²) in [5.74, 6) is 0.0888. The molecular formula is C26H32ClN6O3S3+. The number of hydrogen-bond donors (Lipinski definition) is 2. The summed E-state index contributed by atoms with van der Waals surface area (Å²) in [6, 6.07) is 7.12. The van der Waals surface area contributed by atoms with E-state index < -0.39 is 11.3 Å². The van der Waals surface area contributed by atoms with Crippen molar-refractivity contribution in [3.05, 3.63) is 47.7 Å². The number of allylic oxidation sites excluding steroid dienone is 2. The van der Waals surface area contributed by atoms with E-state index in [0.717, 1.165) is 45.1 Å². The van der Waals surface area contributed by atoms with Crippen molar-refractivity contribution in [2.24, 2.45) is 0 Å². The highest BCUT2D eigenvalue weighted by molar-refractivity contribution is 8.01. The van der Waals surface area contributed by atoms with Gasteiger partial charge in [-0.05, 0) is 35.4 Å². The first-order valence-corrected chi connectivity index (χ1v) is 15.7. The minimum atomic E-state index is -0.690. The van der Waals surface area contributed by atoms with E-state index in [2.05, 4.69) is 24.4 Å². The Morgan fingerprint density at radius 1 is 1.36 bits per heavy atom. The van der Waals surface area contributed by atoms with Crippen molar-refractivity contribution in [3.63, 3.8) is 0 Å².